The summed E-state index contributed by atoms with van der Waals surface area (Å²) >= 11 is 5.66. The molecule has 0 radical (unpaired) electrons. The number of halogens is 1. The number of nitro benzene ring substituents is 1. The van der Waals surface area contributed by atoms with E-state index < -0.39 is 28.5 Å². The maximum atomic E-state index is 12.1. The van der Waals surface area contributed by atoms with Crippen molar-refractivity contribution >= 4 is 29.2 Å². The summed E-state index contributed by atoms with van der Waals surface area (Å²) in [4.78, 5) is 33.5. The summed E-state index contributed by atoms with van der Waals surface area (Å²) in [5, 5.41) is 22.5. The van der Waals surface area contributed by atoms with Gasteiger partial charge in [0.1, 0.15) is 11.6 Å². The van der Waals surface area contributed by atoms with Crippen LogP contribution in [-0.4, -0.2) is 27.9 Å². The van der Waals surface area contributed by atoms with Gasteiger partial charge >= 0.3 is 5.97 Å². The highest BCUT2D eigenvalue weighted by atomic mass is 35.5. The third kappa shape index (κ3) is 4.16. The molecule has 1 aromatic rings. The predicted molar refractivity (Wildman–Crippen MR) is 76.5 cm³/mol. The van der Waals surface area contributed by atoms with Crippen LogP contribution >= 0.6 is 11.6 Å². The van der Waals surface area contributed by atoms with Gasteiger partial charge in [-0.25, -0.2) is 4.79 Å². The van der Waals surface area contributed by atoms with Gasteiger partial charge < -0.3 is 10.4 Å². The van der Waals surface area contributed by atoms with Gasteiger partial charge in [0.25, 0.3) is 11.6 Å². The normalized spacial score (nSPS) is 13.3. The van der Waals surface area contributed by atoms with Crippen molar-refractivity contribution in [2.45, 2.75) is 26.3 Å². The maximum absolute atomic E-state index is 12.1. The Bertz CT molecular complexity index is 576. The van der Waals surface area contributed by atoms with Crippen LogP contribution in [0, 0.1) is 16.0 Å². The molecule has 0 saturated heterocycles. The Morgan fingerprint density at radius 2 is 2.10 bits per heavy atom. The molecule has 2 atom stereocenters. The zero-order valence-electron chi connectivity index (χ0n) is 11.5. The molecule has 0 heterocycles. The van der Waals surface area contributed by atoms with Gasteiger partial charge in [-0.2, -0.15) is 0 Å². The van der Waals surface area contributed by atoms with Crippen LogP contribution in [0.2, 0.25) is 5.02 Å². The van der Waals surface area contributed by atoms with Crippen molar-refractivity contribution < 1.29 is 19.6 Å². The summed E-state index contributed by atoms with van der Waals surface area (Å²) in [6.07, 6.45) is 0.542. The number of nitrogens with zero attached hydrogens (tertiary/aromatic N) is 1. The first kappa shape index (κ1) is 16.9. The Morgan fingerprint density at radius 3 is 2.57 bits per heavy atom. The number of aliphatic carboxylic acids is 1. The number of amides is 1. The lowest BCUT2D eigenvalue weighted by molar-refractivity contribution is -0.385. The van der Waals surface area contributed by atoms with E-state index in [-0.39, 0.29) is 16.5 Å². The molecule has 21 heavy (non-hydrogen) atoms. The minimum atomic E-state index is -1.19. The van der Waals surface area contributed by atoms with Crippen molar-refractivity contribution in [3.63, 3.8) is 0 Å². The summed E-state index contributed by atoms with van der Waals surface area (Å²) in [6.45, 7) is 3.47. The molecule has 0 aliphatic rings. The minimum Gasteiger partial charge on any atom is -0.480 e. The van der Waals surface area contributed by atoms with E-state index in [4.69, 9.17) is 16.7 Å². The summed E-state index contributed by atoms with van der Waals surface area (Å²) in [6, 6.07) is 2.47. The molecular formula is C13H15ClN2O5. The summed E-state index contributed by atoms with van der Waals surface area (Å²) in [5.41, 5.74) is -0.688. The molecule has 0 aliphatic heterocycles. The summed E-state index contributed by atoms with van der Waals surface area (Å²) in [7, 11) is 0. The summed E-state index contributed by atoms with van der Waals surface area (Å²) in [5.74, 6) is -2.31. The number of carbonyl (C=O) groups is 2. The van der Waals surface area contributed by atoms with Crippen molar-refractivity contribution in [3.8, 4) is 0 Å². The van der Waals surface area contributed by atoms with Crippen molar-refractivity contribution in [1.82, 2.24) is 5.32 Å². The molecule has 7 nitrogen and oxygen atoms in total. The highest BCUT2D eigenvalue weighted by molar-refractivity contribution is 6.31. The first-order chi connectivity index (χ1) is 9.77. The smallest absolute Gasteiger partial charge is 0.326 e. The van der Waals surface area contributed by atoms with Gasteiger partial charge in [-0.05, 0) is 18.1 Å². The zero-order valence-corrected chi connectivity index (χ0v) is 12.3. The number of hydrogen-bond acceptors (Lipinski definition) is 4. The van der Waals surface area contributed by atoms with E-state index >= 15 is 0 Å². The van der Waals surface area contributed by atoms with E-state index in [1.54, 1.807) is 13.8 Å². The molecule has 2 N–H and O–H groups in total. The number of carboxylic acids is 1. The molecule has 0 bridgehead atoms. The number of hydrogen-bond donors (Lipinski definition) is 2. The fraction of sp³-hybridized carbons (Fsp3) is 0.385. The second-order valence-electron chi connectivity index (χ2n) is 4.59. The minimum absolute atomic E-state index is 0.120. The van der Waals surface area contributed by atoms with Crippen molar-refractivity contribution in [3.05, 3.63) is 38.9 Å². The lowest BCUT2D eigenvalue weighted by Gasteiger charge is -2.20. The van der Waals surface area contributed by atoms with E-state index in [1.807, 2.05) is 0 Å². The third-order valence-electron chi connectivity index (χ3n) is 3.17. The van der Waals surface area contributed by atoms with Crippen LogP contribution < -0.4 is 5.32 Å². The fourth-order valence-electron chi connectivity index (χ4n) is 1.75. The summed E-state index contributed by atoms with van der Waals surface area (Å²) < 4.78 is 0. The standard InChI is InChI=1S/C13H15ClN2O5/c1-3-7(2)11(13(18)19)15-12(17)9-5-4-8(14)6-10(9)16(20)21/h4-7,11H,3H2,1-2H3,(H,15,17)(H,18,19)/t7?,11-/m0/s1. The monoisotopic (exact) mass is 314 g/mol. The van der Waals surface area contributed by atoms with Crippen molar-refractivity contribution in [2.75, 3.05) is 0 Å². The van der Waals surface area contributed by atoms with Crippen LogP contribution in [0.3, 0.4) is 0 Å². The van der Waals surface area contributed by atoms with Crippen LogP contribution in [0.25, 0.3) is 0 Å². The van der Waals surface area contributed by atoms with E-state index in [9.17, 15) is 19.7 Å². The molecule has 0 saturated carbocycles. The van der Waals surface area contributed by atoms with Gasteiger partial charge in [0.05, 0.1) is 4.92 Å². The average molecular weight is 315 g/mol. The van der Waals surface area contributed by atoms with Gasteiger partial charge in [0, 0.05) is 11.1 Å². The van der Waals surface area contributed by atoms with Crippen LogP contribution in [0.1, 0.15) is 30.6 Å². The van der Waals surface area contributed by atoms with Crippen molar-refractivity contribution in [2.24, 2.45) is 5.92 Å². The predicted octanol–water partition coefficient (Wildman–Crippen LogP) is 2.48. The van der Waals surface area contributed by atoms with Crippen LogP contribution in [0.4, 0.5) is 5.69 Å². The maximum Gasteiger partial charge on any atom is 0.326 e. The number of nitrogens with one attached hydrogen (secondary N) is 1. The van der Waals surface area contributed by atoms with Gasteiger partial charge in [-0.3, -0.25) is 14.9 Å². The Morgan fingerprint density at radius 1 is 1.48 bits per heavy atom. The number of carbonyl (C=O) groups excluding carboxylic acids is 1. The molecule has 0 spiro atoms. The average Bonchev–Trinajstić information content (AvgIpc) is 2.43. The quantitative estimate of drug-likeness (QED) is 0.619. The topological polar surface area (TPSA) is 110 Å². The molecule has 0 fully saturated rings. The molecular weight excluding hydrogens is 300 g/mol. The zero-order chi connectivity index (χ0) is 16.2. The van der Waals surface area contributed by atoms with Gasteiger partial charge in [-0.15, -0.1) is 0 Å². The lowest BCUT2D eigenvalue weighted by Crippen LogP contribution is -2.45. The Kier molecular flexibility index (Phi) is 5.66. The second kappa shape index (κ2) is 7.03. The second-order valence-corrected chi connectivity index (χ2v) is 5.03. The lowest BCUT2D eigenvalue weighted by atomic mass is 9.99. The third-order valence-corrected chi connectivity index (χ3v) is 3.40. The molecule has 0 aliphatic carbocycles. The fourth-order valence-corrected chi connectivity index (χ4v) is 1.92. The molecule has 0 aromatic heterocycles. The SMILES string of the molecule is CCC(C)[C@H](NC(=O)c1ccc(Cl)cc1[N+](=O)[O-])C(=O)O. The largest absolute Gasteiger partial charge is 0.480 e. The highest BCUT2D eigenvalue weighted by Crippen LogP contribution is 2.23. The van der Waals surface area contributed by atoms with E-state index in [0.717, 1.165) is 6.07 Å². The van der Waals surface area contributed by atoms with Crippen LogP contribution in [-0.2, 0) is 4.79 Å². The van der Waals surface area contributed by atoms with Gasteiger partial charge in [0.2, 0.25) is 0 Å². The van der Waals surface area contributed by atoms with E-state index in [0.29, 0.717) is 6.42 Å². The first-order valence-electron chi connectivity index (χ1n) is 6.25. The Balaban J connectivity index is 3.08. The number of rotatable bonds is 6. The van der Waals surface area contributed by atoms with Gasteiger partial charge in [0.15, 0.2) is 0 Å². The molecule has 1 rings (SSSR count). The molecule has 8 heteroatoms. The molecule has 1 amide bonds. The van der Waals surface area contributed by atoms with Gasteiger partial charge in [-0.1, -0.05) is 31.9 Å². The van der Waals surface area contributed by atoms with E-state index in [1.165, 1.54) is 12.1 Å². The molecule has 114 valence electrons. The Hall–Kier alpha value is -2.15. The van der Waals surface area contributed by atoms with Crippen molar-refractivity contribution in [1.29, 1.82) is 0 Å². The molecule has 1 aromatic carbocycles. The number of carboxylic acid groups (broad SMARTS) is 1. The Labute approximate surface area is 126 Å². The van der Waals surface area contributed by atoms with Crippen LogP contribution in [0.5, 0.6) is 0 Å². The molecule has 1 unspecified atom stereocenters. The number of benzene rings is 1. The van der Waals surface area contributed by atoms with E-state index in [2.05, 4.69) is 5.32 Å². The first-order valence-corrected chi connectivity index (χ1v) is 6.63. The van der Waals surface area contributed by atoms with Crippen LogP contribution in [0.15, 0.2) is 18.2 Å². The highest BCUT2D eigenvalue weighted by Gasteiger charge is 2.28. The number of nitro groups is 1.